The van der Waals surface area contributed by atoms with Gasteiger partial charge in [-0.1, -0.05) is 0 Å². The van der Waals surface area contributed by atoms with Gasteiger partial charge in [-0.3, -0.25) is 4.79 Å². The zero-order valence-corrected chi connectivity index (χ0v) is 26.3. The number of methoxy groups -OCH3 is 1. The maximum absolute atomic E-state index is 14.1. The van der Waals surface area contributed by atoms with Crippen LogP contribution in [0, 0.1) is 5.41 Å². The molecule has 0 atom stereocenters. The maximum Gasteiger partial charge on any atom is 0.384 e. The highest BCUT2D eigenvalue weighted by Crippen LogP contribution is 2.59. The molecule has 0 fully saturated rings. The molecule has 0 aromatic heterocycles. The van der Waals surface area contributed by atoms with Crippen LogP contribution in [-0.2, 0) is 28.5 Å². The van der Waals surface area contributed by atoms with Gasteiger partial charge in [-0.2, -0.15) is 87.8 Å². The van der Waals surface area contributed by atoms with E-state index in [1.165, 1.54) is 0 Å². The lowest BCUT2D eigenvalue weighted by Gasteiger charge is -2.39. The zero-order valence-electron chi connectivity index (χ0n) is 26.3. The molecule has 0 saturated carbocycles. The third-order valence-electron chi connectivity index (χ3n) is 6.67. The molecule has 30 heteroatoms. The lowest BCUT2D eigenvalue weighted by atomic mass is 9.92. The summed E-state index contributed by atoms with van der Waals surface area (Å²) in [6.45, 7) is -13.1. The number of hydrogen-bond donors (Lipinski definition) is 0. The largest absolute Gasteiger partial charge is 0.463 e. The summed E-state index contributed by atoms with van der Waals surface area (Å²) in [6, 6.07) is 0. The minimum Gasteiger partial charge on any atom is -0.463 e. The molecule has 324 valence electrons. The third kappa shape index (κ3) is 9.42. The van der Waals surface area contributed by atoms with E-state index in [2.05, 4.69) is 18.9 Å². The monoisotopic (exact) mass is 864 g/mol. The Morgan fingerprint density at radius 3 is 1.06 bits per heavy atom. The Morgan fingerprint density at radius 1 is 0.444 bits per heavy atom. The lowest BCUT2D eigenvalue weighted by Crippen LogP contribution is -2.69. The van der Waals surface area contributed by atoms with Crippen molar-refractivity contribution in [2.24, 2.45) is 5.41 Å². The first kappa shape index (κ1) is 51.6. The van der Waals surface area contributed by atoms with Gasteiger partial charge in [0.25, 0.3) is 0 Å². The molecule has 6 nitrogen and oxygen atoms in total. The third-order valence-corrected chi connectivity index (χ3v) is 6.67. The summed E-state index contributed by atoms with van der Waals surface area (Å²) >= 11 is 0. The normalized spacial score (nSPS) is 15.4. The molecule has 0 radical (unpaired) electrons. The number of carbonyl (C=O) groups is 1. The highest BCUT2D eigenvalue weighted by molar-refractivity contribution is 5.76. The smallest absolute Gasteiger partial charge is 0.384 e. The van der Waals surface area contributed by atoms with Gasteiger partial charge in [-0.05, 0) is 6.92 Å². The first-order valence-electron chi connectivity index (χ1n) is 13.5. The summed E-state index contributed by atoms with van der Waals surface area (Å²) in [5.74, 6) is -78.1. The van der Waals surface area contributed by atoms with Crippen molar-refractivity contribution < 1.29 is 134 Å². The van der Waals surface area contributed by atoms with Crippen LogP contribution in [0.2, 0.25) is 0 Å². The lowest BCUT2D eigenvalue weighted by molar-refractivity contribution is -0.416. The Labute approximate surface area is 285 Å². The van der Waals surface area contributed by atoms with Crippen molar-refractivity contribution in [3.05, 3.63) is 0 Å². The van der Waals surface area contributed by atoms with Gasteiger partial charge in [-0.25, -0.2) is 17.6 Å². The van der Waals surface area contributed by atoms with Crippen LogP contribution >= 0.6 is 0 Å². The number of rotatable bonds is 25. The fourth-order valence-electron chi connectivity index (χ4n) is 3.31. The summed E-state index contributed by atoms with van der Waals surface area (Å²) in [7, 11) is 1.16. The van der Waals surface area contributed by atoms with Crippen LogP contribution in [0.1, 0.15) is 6.92 Å². The molecule has 0 bridgehead atoms. The van der Waals surface area contributed by atoms with Gasteiger partial charge in [0.1, 0.15) is 25.2 Å². The topological polar surface area (TPSA) is 63.2 Å². The molecule has 0 N–H and O–H groups in total. The Kier molecular flexibility index (Phi) is 16.3. The number of carbonyl (C=O) groups excluding carboxylic acids is 1. The second kappa shape index (κ2) is 17.0. The summed E-state index contributed by atoms with van der Waals surface area (Å²) in [5.41, 5.74) is -3.27. The Morgan fingerprint density at radius 2 is 0.759 bits per heavy atom. The predicted octanol–water partition coefficient (Wildman–Crippen LogP) is 8.12. The molecule has 0 aliphatic rings. The number of ether oxygens (including phenoxy) is 5. The molecule has 0 aromatic rings. The molecular formula is C24H24F24O6. The standard InChI is InChI=1S/C24H24F24O6/c1-14(13(49)54-6-5-51-4-3-50-2,7-52-9-15(29,30)19(37,38)23(45,46)21(41,42)17(33,34)11(25)26)8-53-10-16(31,32)20(39,40)24(47,48)22(43,44)18(35,36)12(27)28/h11-12H,3-10H2,1-2H3. The number of alkyl halides is 24. The van der Waals surface area contributed by atoms with Gasteiger partial charge in [0.2, 0.25) is 0 Å². The average Bonchev–Trinajstić information content (AvgIpc) is 3.01. The number of halogens is 24. The molecule has 0 aliphatic heterocycles. The maximum atomic E-state index is 14.1. The van der Waals surface area contributed by atoms with Crippen LogP contribution < -0.4 is 0 Å². The van der Waals surface area contributed by atoms with Crippen LogP contribution in [0.4, 0.5) is 105 Å². The first-order chi connectivity index (χ1) is 23.8. The molecule has 0 spiro atoms. The minimum absolute atomic E-state index is 0.124. The van der Waals surface area contributed by atoms with Gasteiger partial charge in [-0.15, -0.1) is 0 Å². The van der Waals surface area contributed by atoms with Crippen molar-refractivity contribution in [2.45, 2.75) is 79.0 Å². The first-order valence-corrected chi connectivity index (χ1v) is 13.5. The molecular weight excluding hydrogens is 840 g/mol. The highest BCUT2D eigenvalue weighted by atomic mass is 19.4. The van der Waals surface area contributed by atoms with Gasteiger partial charge < -0.3 is 23.7 Å². The quantitative estimate of drug-likeness (QED) is 0.0526. The predicted molar refractivity (Wildman–Crippen MR) is 125 cm³/mol. The van der Waals surface area contributed by atoms with E-state index in [-0.39, 0.29) is 20.1 Å². The Hall–Kier alpha value is -2.37. The van der Waals surface area contributed by atoms with E-state index in [0.29, 0.717) is 0 Å². The Balaban J connectivity index is 6.40. The van der Waals surface area contributed by atoms with Gasteiger partial charge in [0.15, 0.2) is 0 Å². The van der Waals surface area contributed by atoms with Gasteiger partial charge in [0.05, 0.1) is 33.0 Å². The minimum atomic E-state index is -8.06. The van der Waals surface area contributed by atoms with Crippen molar-refractivity contribution in [1.29, 1.82) is 0 Å². The van der Waals surface area contributed by atoms with Crippen LogP contribution in [-0.4, -0.2) is 138 Å². The SMILES string of the molecule is COCCOCCOC(=O)C(C)(COCC(F)(F)C(F)(F)C(F)(F)C(F)(F)C(F)(F)C(F)F)COCC(F)(F)C(F)(F)C(F)(F)C(F)(F)C(F)(F)C(F)F. The molecule has 0 saturated heterocycles. The van der Waals surface area contributed by atoms with Crippen molar-refractivity contribution in [2.75, 3.05) is 60.0 Å². The van der Waals surface area contributed by atoms with Crippen LogP contribution in [0.5, 0.6) is 0 Å². The molecule has 0 amide bonds. The summed E-state index contributed by atoms with van der Waals surface area (Å²) < 4.78 is 343. The van der Waals surface area contributed by atoms with Crippen molar-refractivity contribution in [3.63, 3.8) is 0 Å². The Bertz CT molecular complexity index is 1140. The molecule has 0 aromatic carbocycles. The van der Waals surface area contributed by atoms with E-state index in [0.717, 1.165) is 7.11 Å². The highest BCUT2D eigenvalue weighted by Gasteiger charge is 2.89. The van der Waals surface area contributed by atoms with E-state index < -0.39 is 123 Å². The van der Waals surface area contributed by atoms with Crippen LogP contribution in [0.15, 0.2) is 0 Å². The van der Waals surface area contributed by atoms with Crippen LogP contribution in [0.25, 0.3) is 0 Å². The van der Waals surface area contributed by atoms with E-state index >= 15 is 0 Å². The second-order valence-electron chi connectivity index (χ2n) is 11.0. The number of esters is 1. The van der Waals surface area contributed by atoms with Gasteiger partial charge >= 0.3 is 78.0 Å². The summed E-state index contributed by atoms with van der Waals surface area (Å²) in [5, 5.41) is 0. The second-order valence-corrected chi connectivity index (χ2v) is 11.0. The van der Waals surface area contributed by atoms with Crippen molar-refractivity contribution in [3.8, 4) is 0 Å². The molecule has 54 heavy (non-hydrogen) atoms. The van der Waals surface area contributed by atoms with E-state index in [9.17, 15) is 110 Å². The summed E-state index contributed by atoms with van der Waals surface area (Å²) in [6.07, 6.45) is -11.7. The molecule has 0 rings (SSSR count). The molecule has 0 unspecified atom stereocenters. The molecule has 0 aliphatic carbocycles. The van der Waals surface area contributed by atoms with Crippen LogP contribution in [0.3, 0.4) is 0 Å². The number of hydrogen-bond acceptors (Lipinski definition) is 6. The zero-order chi connectivity index (χ0) is 43.4. The van der Waals surface area contributed by atoms with Crippen molar-refractivity contribution >= 4 is 5.97 Å². The fraction of sp³-hybridized carbons (Fsp3) is 0.958. The van der Waals surface area contributed by atoms with Crippen molar-refractivity contribution in [1.82, 2.24) is 0 Å². The summed E-state index contributed by atoms with van der Waals surface area (Å²) in [4.78, 5) is 12.5. The van der Waals surface area contributed by atoms with E-state index in [1.807, 2.05) is 0 Å². The van der Waals surface area contributed by atoms with E-state index in [4.69, 9.17) is 4.74 Å². The van der Waals surface area contributed by atoms with Gasteiger partial charge in [0, 0.05) is 7.11 Å². The fourth-order valence-corrected chi connectivity index (χ4v) is 3.31. The van der Waals surface area contributed by atoms with E-state index in [1.54, 1.807) is 0 Å². The molecule has 0 heterocycles. The average molecular weight is 864 g/mol.